The molecule has 2 N–H and O–H groups in total. The van der Waals surface area contributed by atoms with Crippen molar-refractivity contribution >= 4 is 33.2 Å². The van der Waals surface area contributed by atoms with E-state index in [0.717, 1.165) is 11.1 Å². The van der Waals surface area contributed by atoms with Gasteiger partial charge >= 0.3 is 0 Å². The van der Waals surface area contributed by atoms with Crippen LogP contribution in [0.2, 0.25) is 5.02 Å². The van der Waals surface area contributed by atoms with Crippen LogP contribution < -0.4 is 14.8 Å². The van der Waals surface area contributed by atoms with E-state index < -0.39 is 22.0 Å². The lowest BCUT2D eigenvalue weighted by Crippen LogP contribution is -2.45. The number of rotatable bonds is 9. The summed E-state index contributed by atoms with van der Waals surface area (Å²) in [5, 5.41) is 3.28. The van der Waals surface area contributed by atoms with Crippen molar-refractivity contribution in [3.05, 3.63) is 88.4 Å². The zero-order chi connectivity index (χ0) is 24.0. The van der Waals surface area contributed by atoms with Gasteiger partial charge in [0.1, 0.15) is 11.8 Å². The molecule has 174 valence electrons. The second-order valence-electron chi connectivity index (χ2n) is 7.68. The zero-order valence-electron chi connectivity index (χ0n) is 18.8. The van der Waals surface area contributed by atoms with Crippen LogP contribution in [-0.2, 0) is 21.2 Å². The SMILES string of the molecule is CCOc1ccc(S(=O)(=O)NC(Cc2ccccc2)C(=O)Nc2ccc(C)c(Cl)c2)cc1C. The maximum absolute atomic E-state index is 13.2. The number of benzene rings is 3. The monoisotopic (exact) mass is 486 g/mol. The van der Waals surface area contributed by atoms with Crippen molar-refractivity contribution in [1.29, 1.82) is 0 Å². The Kier molecular flexibility index (Phi) is 8.13. The summed E-state index contributed by atoms with van der Waals surface area (Å²) >= 11 is 6.17. The Morgan fingerprint density at radius 1 is 1.00 bits per heavy atom. The fourth-order valence-corrected chi connectivity index (χ4v) is 4.76. The van der Waals surface area contributed by atoms with E-state index in [0.29, 0.717) is 28.6 Å². The molecule has 1 amide bonds. The summed E-state index contributed by atoms with van der Waals surface area (Å²) in [7, 11) is -3.98. The normalized spacial score (nSPS) is 12.2. The van der Waals surface area contributed by atoms with Gasteiger partial charge in [0.15, 0.2) is 0 Å². The van der Waals surface area contributed by atoms with Crippen molar-refractivity contribution in [3.8, 4) is 5.75 Å². The van der Waals surface area contributed by atoms with Crippen LogP contribution in [0, 0.1) is 13.8 Å². The van der Waals surface area contributed by atoms with Crippen molar-refractivity contribution in [2.24, 2.45) is 0 Å². The van der Waals surface area contributed by atoms with E-state index in [4.69, 9.17) is 16.3 Å². The van der Waals surface area contributed by atoms with Crippen LogP contribution in [0.25, 0.3) is 0 Å². The summed E-state index contributed by atoms with van der Waals surface area (Å²) < 4.78 is 34.4. The Labute approximate surface area is 200 Å². The molecule has 0 aliphatic heterocycles. The minimum absolute atomic E-state index is 0.0627. The largest absolute Gasteiger partial charge is 0.494 e. The molecular weight excluding hydrogens is 460 g/mol. The number of sulfonamides is 1. The summed E-state index contributed by atoms with van der Waals surface area (Å²) in [5.41, 5.74) is 2.88. The predicted octanol–water partition coefficient (Wildman–Crippen LogP) is 4.88. The molecule has 0 heterocycles. The van der Waals surface area contributed by atoms with Crippen molar-refractivity contribution < 1.29 is 17.9 Å². The van der Waals surface area contributed by atoms with Crippen LogP contribution in [-0.4, -0.2) is 27.0 Å². The molecule has 0 radical (unpaired) electrons. The molecule has 0 bridgehead atoms. The Hall–Kier alpha value is -2.87. The number of nitrogens with one attached hydrogen (secondary N) is 2. The topological polar surface area (TPSA) is 84.5 Å². The summed E-state index contributed by atoms with van der Waals surface area (Å²) in [4.78, 5) is 13.2. The van der Waals surface area contributed by atoms with Crippen LogP contribution in [0.3, 0.4) is 0 Å². The Morgan fingerprint density at radius 2 is 1.73 bits per heavy atom. The number of halogens is 1. The molecular formula is C25H27ClN2O4S. The first kappa shape index (κ1) is 24.8. The number of hydrogen-bond donors (Lipinski definition) is 2. The first-order valence-electron chi connectivity index (χ1n) is 10.6. The minimum Gasteiger partial charge on any atom is -0.494 e. The number of anilines is 1. The fourth-order valence-electron chi connectivity index (χ4n) is 3.30. The third kappa shape index (κ3) is 6.57. The van der Waals surface area contributed by atoms with Crippen molar-refractivity contribution in [2.75, 3.05) is 11.9 Å². The molecule has 0 aliphatic carbocycles. The van der Waals surface area contributed by atoms with Crippen molar-refractivity contribution in [1.82, 2.24) is 4.72 Å². The Bertz CT molecular complexity index is 1230. The van der Waals surface area contributed by atoms with E-state index in [-0.39, 0.29) is 11.3 Å². The minimum atomic E-state index is -3.98. The summed E-state index contributed by atoms with van der Waals surface area (Å²) in [6.45, 7) is 5.98. The zero-order valence-corrected chi connectivity index (χ0v) is 20.3. The van der Waals surface area contributed by atoms with Gasteiger partial charge in [0, 0.05) is 10.7 Å². The molecule has 1 unspecified atom stereocenters. The van der Waals surface area contributed by atoms with Gasteiger partial charge in [-0.25, -0.2) is 8.42 Å². The average molecular weight is 487 g/mol. The molecule has 0 saturated carbocycles. The second-order valence-corrected chi connectivity index (χ2v) is 9.80. The highest BCUT2D eigenvalue weighted by Gasteiger charge is 2.27. The molecule has 0 saturated heterocycles. The number of carbonyl (C=O) groups excluding carboxylic acids is 1. The average Bonchev–Trinajstić information content (AvgIpc) is 2.78. The lowest BCUT2D eigenvalue weighted by molar-refractivity contribution is -0.117. The predicted molar refractivity (Wildman–Crippen MR) is 131 cm³/mol. The number of hydrogen-bond acceptors (Lipinski definition) is 4. The lowest BCUT2D eigenvalue weighted by atomic mass is 10.1. The molecule has 3 aromatic carbocycles. The lowest BCUT2D eigenvalue weighted by Gasteiger charge is -2.19. The van der Waals surface area contributed by atoms with Gasteiger partial charge in [0.25, 0.3) is 0 Å². The molecule has 0 fully saturated rings. The number of amides is 1. The van der Waals surface area contributed by atoms with E-state index >= 15 is 0 Å². The number of ether oxygens (including phenoxy) is 1. The molecule has 0 aliphatic rings. The Balaban J connectivity index is 1.87. The fraction of sp³-hybridized carbons (Fsp3) is 0.240. The van der Waals surface area contributed by atoms with E-state index in [9.17, 15) is 13.2 Å². The second kappa shape index (κ2) is 10.8. The first-order chi connectivity index (χ1) is 15.7. The Morgan fingerprint density at radius 3 is 2.36 bits per heavy atom. The van der Waals surface area contributed by atoms with Crippen molar-refractivity contribution in [2.45, 2.75) is 38.1 Å². The van der Waals surface area contributed by atoms with Gasteiger partial charge in [-0.1, -0.05) is 48.0 Å². The molecule has 3 aromatic rings. The summed E-state index contributed by atoms with van der Waals surface area (Å²) in [6, 6.07) is 18.0. The third-order valence-corrected chi connectivity index (χ3v) is 6.97. The number of aryl methyl sites for hydroxylation is 2. The quantitative estimate of drug-likeness (QED) is 0.451. The van der Waals surface area contributed by atoms with Crippen LogP contribution in [0.1, 0.15) is 23.6 Å². The van der Waals surface area contributed by atoms with E-state index in [1.165, 1.54) is 12.1 Å². The van der Waals surface area contributed by atoms with Crippen LogP contribution in [0.15, 0.2) is 71.6 Å². The standard InChI is InChI=1S/C25H27ClN2O4S/c1-4-32-24-13-12-21(14-18(24)3)33(30,31)28-23(15-19-8-6-5-7-9-19)25(29)27-20-11-10-17(2)22(26)16-20/h5-14,16,23,28H,4,15H2,1-3H3,(H,27,29). The molecule has 6 nitrogen and oxygen atoms in total. The highest BCUT2D eigenvalue weighted by Crippen LogP contribution is 2.23. The summed E-state index contributed by atoms with van der Waals surface area (Å²) in [5.74, 6) is 0.135. The molecule has 3 rings (SSSR count). The van der Waals surface area contributed by atoms with Crippen LogP contribution in [0.4, 0.5) is 5.69 Å². The molecule has 8 heteroatoms. The van der Waals surface area contributed by atoms with Gasteiger partial charge in [-0.05, 0) is 74.2 Å². The molecule has 0 aromatic heterocycles. The summed E-state index contributed by atoms with van der Waals surface area (Å²) in [6.07, 6.45) is 0.182. The van der Waals surface area contributed by atoms with Crippen molar-refractivity contribution in [3.63, 3.8) is 0 Å². The number of carbonyl (C=O) groups is 1. The maximum Gasteiger partial charge on any atom is 0.242 e. The van der Waals surface area contributed by atoms with Gasteiger partial charge in [-0.15, -0.1) is 0 Å². The molecule has 0 spiro atoms. The highest BCUT2D eigenvalue weighted by molar-refractivity contribution is 7.89. The van der Waals surface area contributed by atoms with E-state index in [1.54, 1.807) is 31.2 Å². The van der Waals surface area contributed by atoms with Gasteiger partial charge in [-0.2, -0.15) is 4.72 Å². The van der Waals surface area contributed by atoms with Gasteiger partial charge in [0.2, 0.25) is 15.9 Å². The van der Waals surface area contributed by atoms with Gasteiger partial charge in [0.05, 0.1) is 11.5 Å². The third-order valence-electron chi connectivity index (χ3n) is 5.09. The molecule has 33 heavy (non-hydrogen) atoms. The maximum atomic E-state index is 13.2. The smallest absolute Gasteiger partial charge is 0.242 e. The molecule has 1 atom stereocenters. The van der Waals surface area contributed by atoms with Crippen LogP contribution in [0.5, 0.6) is 5.75 Å². The van der Waals surface area contributed by atoms with E-state index in [1.807, 2.05) is 44.2 Å². The highest BCUT2D eigenvalue weighted by atomic mass is 35.5. The van der Waals surface area contributed by atoms with Gasteiger partial charge < -0.3 is 10.1 Å². The van der Waals surface area contributed by atoms with Gasteiger partial charge in [-0.3, -0.25) is 4.79 Å². The van der Waals surface area contributed by atoms with Crippen LogP contribution >= 0.6 is 11.6 Å². The first-order valence-corrected chi connectivity index (χ1v) is 12.4. The van der Waals surface area contributed by atoms with E-state index in [2.05, 4.69) is 10.0 Å².